The maximum Gasteiger partial charge on any atom is 0.432 e. The van der Waals surface area contributed by atoms with Gasteiger partial charge in [-0.05, 0) is 42.3 Å². The zero-order valence-electron chi connectivity index (χ0n) is 16.3. The molecule has 1 aromatic heterocycles. The molecule has 0 aliphatic rings. The number of hydrogen-bond acceptors (Lipinski definition) is 2. The van der Waals surface area contributed by atoms with Gasteiger partial charge >= 0.3 is 6.11 Å². The van der Waals surface area contributed by atoms with Crippen molar-refractivity contribution in [3.63, 3.8) is 0 Å². The quantitative estimate of drug-likeness (QED) is 0.230. The van der Waals surface area contributed by atoms with Crippen LogP contribution in [0.1, 0.15) is 18.1 Å². The standard InChI is InChI=1S/C23H13F7O2/c1-2-11-3-4-19-12(5-11)8-20(31-19)13-6-15(24)21(16(25)7-13)23(29,30)32-14-9-17(26)22(28)18(27)10-14/h3-10H,2H2,1H3. The zero-order chi connectivity index (χ0) is 23.2. The lowest BCUT2D eigenvalue weighted by Crippen LogP contribution is -2.25. The van der Waals surface area contributed by atoms with E-state index < -0.39 is 46.5 Å². The van der Waals surface area contributed by atoms with Gasteiger partial charge in [-0.15, -0.1) is 0 Å². The Morgan fingerprint density at radius 2 is 1.44 bits per heavy atom. The molecule has 0 fully saturated rings. The second-order valence-corrected chi connectivity index (χ2v) is 6.97. The Hall–Kier alpha value is -3.49. The first-order chi connectivity index (χ1) is 15.1. The number of alkyl halides is 2. The van der Waals surface area contributed by atoms with Crippen LogP contribution in [0.2, 0.25) is 0 Å². The Bertz CT molecular complexity index is 1280. The maximum atomic E-state index is 14.5. The molecule has 0 N–H and O–H groups in total. The fourth-order valence-electron chi connectivity index (χ4n) is 3.24. The highest BCUT2D eigenvalue weighted by Gasteiger charge is 2.41. The summed E-state index contributed by atoms with van der Waals surface area (Å²) < 4.78 is 107. The summed E-state index contributed by atoms with van der Waals surface area (Å²) in [5.74, 6) is -9.97. The Labute approximate surface area is 176 Å². The van der Waals surface area contributed by atoms with E-state index in [9.17, 15) is 30.7 Å². The Kier molecular flexibility index (Phi) is 5.36. The SMILES string of the molecule is CCc1ccc2oc(-c3cc(F)c(C(F)(F)Oc4cc(F)c(F)c(F)c4)c(F)c3)cc2c1. The lowest BCUT2D eigenvalue weighted by Gasteiger charge is -2.20. The first kappa shape index (κ1) is 21.7. The number of hydrogen-bond donors (Lipinski definition) is 0. The molecule has 32 heavy (non-hydrogen) atoms. The van der Waals surface area contributed by atoms with Crippen molar-refractivity contribution in [2.45, 2.75) is 19.5 Å². The fourth-order valence-corrected chi connectivity index (χ4v) is 3.24. The molecule has 166 valence electrons. The highest BCUT2D eigenvalue weighted by Crippen LogP contribution is 2.38. The zero-order valence-corrected chi connectivity index (χ0v) is 16.3. The summed E-state index contributed by atoms with van der Waals surface area (Å²) in [4.78, 5) is 0. The molecule has 0 saturated carbocycles. The van der Waals surface area contributed by atoms with Crippen LogP contribution in [-0.4, -0.2) is 0 Å². The van der Waals surface area contributed by atoms with Crippen LogP contribution < -0.4 is 4.74 Å². The van der Waals surface area contributed by atoms with Gasteiger partial charge < -0.3 is 9.15 Å². The first-order valence-electron chi connectivity index (χ1n) is 9.32. The topological polar surface area (TPSA) is 22.4 Å². The third-order valence-electron chi connectivity index (χ3n) is 4.81. The van der Waals surface area contributed by atoms with E-state index in [4.69, 9.17) is 4.42 Å². The molecule has 0 radical (unpaired) electrons. The van der Waals surface area contributed by atoms with Gasteiger partial charge in [-0.1, -0.05) is 13.0 Å². The summed E-state index contributed by atoms with van der Waals surface area (Å²) in [6.07, 6.45) is -3.90. The predicted octanol–water partition coefficient (Wildman–Crippen LogP) is 7.49. The summed E-state index contributed by atoms with van der Waals surface area (Å²) in [5, 5.41) is 0.665. The van der Waals surface area contributed by atoms with Gasteiger partial charge in [0.2, 0.25) is 0 Å². The molecule has 0 amide bonds. The van der Waals surface area contributed by atoms with Crippen LogP contribution in [0.3, 0.4) is 0 Å². The summed E-state index contributed by atoms with van der Waals surface area (Å²) in [5.41, 5.74) is -0.484. The van der Waals surface area contributed by atoms with Crippen LogP contribution in [0.5, 0.6) is 5.75 Å². The van der Waals surface area contributed by atoms with Crippen molar-refractivity contribution in [2.24, 2.45) is 0 Å². The van der Waals surface area contributed by atoms with Crippen LogP contribution in [0, 0.1) is 29.1 Å². The maximum absolute atomic E-state index is 14.5. The Morgan fingerprint density at radius 3 is 2.03 bits per heavy atom. The number of fused-ring (bicyclic) bond motifs is 1. The summed E-state index contributed by atoms with van der Waals surface area (Å²) in [6, 6.07) is 8.36. The van der Waals surface area contributed by atoms with Gasteiger partial charge in [-0.3, -0.25) is 0 Å². The Balaban J connectivity index is 1.71. The van der Waals surface area contributed by atoms with E-state index in [1.165, 1.54) is 6.07 Å². The van der Waals surface area contributed by atoms with E-state index in [0.29, 0.717) is 23.1 Å². The lowest BCUT2D eigenvalue weighted by atomic mass is 10.1. The largest absolute Gasteiger partial charge is 0.456 e. The van der Waals surface area contributed by atoms with Gasteiger partial charge in [0.25, 0.3) is 0 Å². The van der Waals surface area contributed by atoms with Gasteiger partial charge in [-0.2, -0.15) is 8.78 Å². The minimum Gasteiger partial charge on any atom is -0.456 e. The molecule has 0 saturated heterocycles. The normalized spacial score (nSPS) is 11.9. The molecular weight excluding hydrogens is 441 g/mol. The third-order valence-corrected chi connectivity index (χ3v) is 4.81. The van der Waals surface area contributed by atoms with Crippen molar-refractivity contribution < 1.29 is 39.9 Å². The summed E-state index contributed by atoms with van der Waals surface area (Å²) >= 11 is 0. The van der Waals surface area contributed by atoms with Gasteiger partial charge in [0.15, 0.2) is 17.5 Å². The van der Waals surface area contributed by atoms with Gasteiger partial charge in [-0.25, -0.2) is 22.0 Å². The summed E-state index contributed by atoms with van der Waals surface area (Å²) in [7, 11) is 0. The van der Waals surface area contributed by atoms with E-state index in [-0.39, 0.29) is 23.5 Å². The van der Waals surface area contributed by atoms with Crippen molar-refractivity contribution in [1.82, 2.24) is 0 Å². The molecule has 3 aromatic carbocycles. The summed E-state index contributed by atoms with van der Waals surface area (Å²) in [6.45, 7) is 1.95. The van der Waals surface area contributed by atoms with E-state index >= 15 is 0 Å². The lowest BCUT2D eigenvalue weighted by molar-refractivity contribution is -0.189. The van der Waals surface area contributed by atoms with Crippen molar-refractivity contribution in [3.8, 4) is 17.1 Å². The minimum absolute atomic E-state index is 0.0458. The number of furan rings is 1. The first-order valence-corrected chi connectivity index (χ1v) is 9.32. The van der Waals surface area contributed by atoms with Crippen molar-refractivity contribution >= 4 is 11.0 Å². The average Bonchev–Trinajstić information content (AvgIpc) is 3.14. The fraction of sp³-hybridized carbons (Fsp3) is 0.130. The van der Waals surface area contributed by atoms with E-state index in [0.717, 1.165) is 12.0 Å². The molecule has 0 bridgehead atoms. The van der Waals surface area contributed by atoms with Crippen LogP contribution in [0.4, 0.5) is 30.7 Å². The van der Waals surface area contributed by atoms with E-state index in [1.54, 1.807) is 6.07 Å². The van der Waals surface area contributed by atoms with Crippen LogP contribution >= 0.6 is 0 Å². The monoisotopic (exact) mass is 454 g/mol. The number of ether oxygens (including phenoxy) is 1. The third kappa shape index (κ3) is 3.90. The van der Waals surface area contributed by atoms with Crippen LogP contribution in [0.25, 0.3) is 22.3 Å². The van der Waals surface area contributed by atoms with Crippen LogP contribution in [0.15, 0.2) is 52.9 Å². The number of halogens is 7. The molecule has 1 heterocycles. The number of aryl methyl sites for hydroxylation is 1. The van der Waals surface area contributed by atoms with Crippen LogP contribution in [-0.2, 0) is 12.5 Å². The average molecular weight is 454 g/mol. The molecule has 0 spiro atoms. The highest BCUT2D eigenvalue weighted by molar-refractivity contribution is 5.83. The second kappa shape index (κ2) is 7.89. The van der Waals surface area contributed by atoms with Crippen molar-refractivity contribution in [1.29, 1.82) is 0 Å². The second-order valence-electron chi connectivity index (χ2n) is 6.97. The van der Waals surface area contributed by atoms with Gasteiger partial charge in [0.1, 0.15) is 34.3 Å². The van der Waals surface area contributed by atoms with Crippen molar-refractivity contribution in [3.05, 3.63) is 88.7 Å². The molecule has 0 aliphatic heterocycles. The number of rotatable bonds is 5. The minimum atomic E-state index is -4.66. The molecule has 4 rings (SSSR count). The molecular formula is C23H13F7O2. The molecule has 0 aliphatic carbocycles. The van der Waals surface area contributed by atoms with Gasteiger partial charge in [0, 0.05) is 23.1 Å². The van der Waals surface area contributed by atoms with Crippen molar-refractivity contribution in [2.75, 3.05) is 0 Å². The Morgan fingerprint density at radius 1 is 0.812 bits per heavy atom. The molecule has 0 atom stereocenters. The number of benzene rings is 3. The molecule has 2 nitrogen and oxygen atoms in total. The van der Waals surface area contributed by atoms with E-state index in [2.05, 4.69) is 4.74 Å². The molecule has 9 heteroatoms. The highest BCUT2D eigenvalue weighted by atomic mass is 19.3. The van der Waals surface area contributed by atoms with E-state index in [1.807, 2.05) is 19.1 Å². The smallest absolute Gasteiger partial charge is 0.432 e. The molecule has 4 aromatic rings. The van der Waals surface area contributed by atoms with Gasteiger partial charge in [0.05, 0.1) is 0 Å². The molecule has 0 unspecified atom stereocenters. The predicted molar refractivity (Wildman–Crippen MR) is 102 cm³/mol.